The molecule has 0 spiro atoms. The van der Waals surface area contributed by atoms with Crippen molar-refractivity contribution in [1.82, 2.24) is 0 Å². The highest BCUT2D eigenvalue weighted by Gasteiger charge is 2.39. The summed E-state index contributed by atoms with van der Waals surface area (Å²) in [7, 11) is 0. The van der Waals surface area contributed by atoms with Gasteiger partial charge in [-0.3, -0.25) is 4.79 Å². The van der Waals surface area contributed by atoms with E-state index in [2.05, 4.69) is 6.92 Å². The van der Waals surface area contributed by atoms with Crippen molar-refractivity contribution in [3.8, 4) is 0 Å². The van der Waals surface area contributed by atoms with Crippen LogP contribution in [0.2, 0.25) is 0 Å². The van der Waals surface area contributed by atoms with Crippen LogP contribution in [-0.4, -0.2) is 24.3 Å². The van der Waals surface area contributed by atoms with Crippen LogP contribution in [0.1, 0.15) is 40.5 Å². The fraction of sp³-hybridized carbons (Fsp3) is 0.688. The standard InChI is InChI=1S/C16H26O3/c1-5-9-15(3,11-17)12-19-14(18)16(4)10-7-6-8-13(16)2/h6-8,10,13,17H,5,9,11-12H2,1-4H3. The Bertz CT molecular complexity index is 372. The van der Waals surface area contributed by atoms with Gasteiger partial charge in [0.1, 0.15) is 0 Å². The van der Waals surface area contributed by atoms with E-state index in [0.29, 0.717) is 0 Å². The number of hydrogen-bond acceptors (Lipinski definition) is 3. The van der Waals surface area contributed by atoms with Crippen LogP contribution in [0.3, 0.4) is 0 Å². The Morgan fingerprint density at radius 1 is 1.47 bits per heavy atom. The number of aliphatic hydroxyl groups excluding tert-OH is 1. The van der Waals surface area contributed by atoms with E-state index in [9.17, 15) is 9.90 Å². The van der Waals surface area contributed by atoms with Crippen molar-refractivity contribution in [1.29, 1.82) is 0 Å². The van der Waals surface area contributed by atoms with Crippen molar-refractivity contribution in [3.63, 3.8) is 0 Å². The number of carbonyl (C=O) groups is 1. The third kappa shape index (κ3) is 3.69. The van der Waals surface area contributed by atoms with Gasteiger partial charge in [-0.1, -0.05) is 51.5 Å². The van der Waals surface area contributed by atoms with Crippen LogP contribution in [0.15, 0.2) is 24.3 Å². The molecule has 0 fully saturated rings. The number of hydrogen-bond donors (Lipinski definition) is 1. The van der Waals surface area contributed by atoms with Gasteiger partial charge < -0.3 is 9.84 Å². The molecule has 108 valence electrons. The molecule has 1 aliphatic rings. The summed E-state index contributed by atoms with van der Waals surface area (Å²) in [4.78, 5) is 12.3. The minimum atomic E-state index is -0.600. The fourth-order valence-electron chi connectivity index (χ4n) is 2.29. The molecule has 19 heavy (non-hydrogen) atoms. The second-order valence-electron chi connectivity index (χ2n) is 6.11. The first-order valence-electron chi connectivity index (χ1n) is 7.02. The van der Waals surface area contributed by atoms with Gasteiger partial charge in [0.2, 0.25) is 0 Å². The van der Waals surface area contributed by atoms with Gasteiger partial charge >= 0.3 is 5.97 Å². The van der Waals surface area contributed by atoms with Crippen molar-refractivity contribution < 1.29 is 14.6 Å². The van der Waals surface area contributed by atoms with E-state index in [4.69, 9.17) is 4.74 Å². The lowest BCUT2D eigenvalue weighted by Crippen LogP contribution is -2.38. The van der Waals surface area contributed by atoms with Gasteiger partial charge in [0, 0.05) is 5.41 Å². The van der Waals surface area contributed by atoms with Gasteiger partial charge in [-0.2, -0.15) is 0 Å². The van der Waals surface area contributed by atoms with Crippen molar-refractivity contribution in [3.05, 3.63) is 24.3 Å². The first-order chi connectivity index (χ1) is 8.88. The molecule has 0 aromatic heterocycles. The molecule has 0 aliphatic heterocycles. The van der Waals surface area contributed by atoms with Crippen LogP contribution in [-0.2, 0) is 9.53 Å². The molecular formula is C16H26O3. The van der Waals surface area contributed by atoms with Crippen LogP contribution in [0.25, 0.3) is 0 Å². The third-order valence-electron chi connectivity index (χ3n) is 4.13. The lowest BCUT2D eigenvalue weighted by atomic mass is 9.75. The van der Waals surface area contributed by atoms with Gasteiger partial charge in [0.25, 0.3) is 0 Å². The van der Waals surface area contributed by atoms with Crippen LogP contribution < -0.4 is 0 Å². The quantitative estimate of drug-likeness (QED) is 0.751. The molecule has 1 rings (SSSR count). The zero-order chi connectivity index (χ0) is 14.5. The van der Waals surface area contributed by atoms with E-state index in [1.807, 2.05) is 45.1 Å². The number of aliphatic hydroxyl groups is 1. The molecule has 0 bridgehead atoms. The largest absolute Gasteiger partial charge is 0.464 e. The van der Waals surface area contributed by atoms with Gasteiger partial charge in [0.05, 0.1) is 18.6 Å². The van der Waals surface area contributed by atoms with E-state index >= 15 is 0 Å². The first kappa shape index (κ1) is 16.0. The molecule has 3 nitrogen and oxygen atoms in total. The van der Waals surface area contributed by atoms with Gasteiger partial charge in [-0.15, -0.1) is 0 Å². The number of carbonyl (C=O) groups excluding carboxylic acids is 1. The predicted octanol–water partition coefficient (Wildman–Crippen LogP) is 3.10. The molecular weight excluding hydrogens is 240 g/mol. The fourth-order valence-corrected chi connectivity index (χ4v) is 2.29. The van der Waals surface area contributed by atoms with E-state index in [1.165, 1.54) is 0 Å². The van der Waals surface area contributed by atoms with Gasteiger partial charge in [-0.05, 0) is 19.3 Å². The summed E-state index contributed by atoms with van der Waals surface area (Å²) in [5.74, 6) is -0.0899. The maximum Gasteiger partial charge on any atom is 0.316 e. The summed E-state index contributed by atoms with van der Waals surface area (Å²) in [5, 5.41) is 9.44. The Morgan fingerprint density at radius 2 is 2.16 bits per heavy atom. The van der Waals surface area contributed by atoms with E-state index in [1.54, 1.807) is 0 Å². The minimum Gasteiger partial charge on any atom is -0.464 e. The van der Waals surface area contributed by atoms with Gasteiger partial charge in [-0.25, -0.2) is 0 Å². The lowest BCUT2D eigenvalue weighted by molar-refractivity contribution is -0.158. The molecule has 0 amide bonds. The summed E-state index contributed by atoms with van der Waals surface area (Å²) >= 11 is 0. The van der Waals surface area contributed by atoms with Crippen LogP contribution in [0.5, 0.6) is 0 Å². The Labute approximate surface area is 116 Å². The molecule has 3 atom stereocenters. The van der Waals surface area contributed by atoms with Crippen molar-refractivity contribution >= 4 is 5.97 Å². The van der Waals surface area contributed by atoms with E-state index in [-0.39, 0.29) is 30.5 Å². The zero-order valence-corrected chi connectivity index (χ0v) is 12.5. The molecule has 0 saturated heterocycles. The summed E-state index contributed by atoms with van der Waals surface area (Å²) < 4.78 is 5.48. The average molecular weight is 266 g/mol. The Hall–Kier alpha value is -1.09. The number of ether oxygens (including phenoxy) is 1. The van der Waals surface area contributed by atoms with Crippen LogP contribution in [0, 0.1) is 16.7 Å². The summed E-state index contributed by atoms with van der Waals surface area (Å²) in [6.07, 6.45) is 9.56. The second-order valence-corrected chi connectivity index (χ2v) is 6.11. The molecule has 3 heteroatoms. The molecule has 0 saturated carbocycles. The number of rotatable bonds is 6. The zero-order valence-electron chi connectivity index (χ0n) is 12.5. The monoisotopic (exact) mass is 266 g/mol. The topological polar surface area (TPSA) is 46.5 Å². The first-order valence-corrected chi connectivity index (χ1v) is 7.02. The van der Waals surface area contributed by atoms with E-state index < -0.39 is 5.41 Å². The molecule has 0 heterocycles. The third-order valence-corrected chi connectivity index (χ3v) is 4.13. The number of esters is 1. The maximum absolute atomic E-state index is 12.3. The summed E-state index contributed by atoms with van der Waals surface area (Å²) in [5.41, 5.74) is -0.935. The molecule has 0 radical (unpaired) electrons. The maximum atomic E-state index is 12.3. The van der Waals surface area contributed by atoms with Crippen molar-refractivity contribution in [2.75, 3.05) is 13.2 Å². The smallest absolute Gasteiger partial charge is 0.316 e. The highest BCUT2D eigenvalue weighted by Crippen LogP contribution is 2.35. The Morgan fingerprint density at radius 3 is 2.68 bits per heavy atom. The number of allylic oxidation sites excluding steroid dienone is 3. The molecule has 0 aromatic rings. The Kier molecular flexibility index (Phi) is 5.36. The highest BCUT2D eigenvalue weighted by atomic mass is 16.5. The highest BCUT2D eigenvalue weighted by molar-refractivity contribution is 5.80. The molecule has 3 unspecified atom stereocenters. The average Bonchev–Trinajstić information content (AvgIpc) is 2.40. The van der Waals surface area contributed by atoms with E-state index in [0.717, 1.165) is 12.8 Å². The molecule has 1 N–H and O–H groups in total. The van der Waals surface area contributed by atoms with Crippen molar-refractivity contribution in [2.45, 2.75) is 40.5 Å². The molecule has 0 aromatic carbocycles. The summed E-state index contributed by atoms with van der Waals surface area (Å²) in [6, 6.07) is 0. The second kappa shape index (κ2) is 6.38. The predicted molar refractivity (Wildman–Crippen MR) is 76.6 cm³/mol. The summed E-state index contributed by atoms with van der Waals surface area (Å²) in [6.45, 7) is 8.24. The van der Waals surface area contributed by atoms with Crippen LogP contribution in [0.4, 0.5) is 0 Å². The Balaban J connectivity index is 2.65. The lowest BCUT2D eigenvalue weighted by Gasteiger charge is -2.33. The van der Waals surface area contributed by atoms with Crippen molar-refractivity contribution in [2.24, 2.45) is 16.7 Å². The normalized spacial score (nSPS) is 29.0. The van der Waals surface area contributed by atoms with Gasteiger partial charge in [0.15, 0.2) is 0 Å². The molecule has 1 aliphatic carbocycles. The van der Waals surface area contributed by atoms with Crippen LogP contribution >= 0.6 is 0 Å². The SMILES string of the molecule is CCCC(C)(CO)COC(=O)C1(C)C=CC=CC1C. The minimum absolute atomic E-state index is 0.0378.